The summed E-state index contributed by atoms with van der Waals surface area (Å²) in [5, 5.41) is 5.16. The van der Waals surface area contributed by atoms with Crippen LogP contribution in [0.1, 0.15) is 30.1 Å². The molecule has 0 atom stereocenters. The number of hydrogen-bond donors (Lipinski definition) is 2. The number of nitrogens with one attached hydrogen (secondary N) is 2. The van der Waals surface area contributed by atoms with Crippen molar-refractivity contribution in [2.24, 2.45) is 0 Å². The van der Waals surface area contributed by atoms with Crippen LogP contribution in [0.2, 0.25) is 0 Å². The molecule has 6 nitrogen and oxygen atoms in total. The van der Waals surface area contributed by atoms with E-state index in [4.69, 9.17) is 0 Å². The van der Waals surface area contributed by atoms with E-state index < -0.39 is 10.0 Å². The number of hydrogen-bond acceptors (Lipinski definition) is 3. The highest BCUT2D eigenvalue weighted by atomic mass is 32.2. The van der Waals surface area contributed by atoms with Crippen LogP contribution in [0, 0.1) is 0 Å². The lowest BCUT2D eigenvalue weighted by atomic mass is 10.1. The Hall–Kier alpha value is -3.16. The minimum absolute atomic E-state index is 0.0431. The van der Waals surface area contributed by atoms with E-state index >= 15 is 0 Å². The third-order valence-corrected chi connectivity index (χ3v) is 7.21. The molecule has 3 aromatic carbocycles. The number of sulfonamides is 1. The van der Waals surface area contributed by atoms with Gasteiger partial charge in [0.1, 0.15) is 0 Å². The summed E-state index contributed by atoms with van der Waals surface area (Å²) in [6.45, 7) is 2.98. The van der Waals surface area contributed by atoms with Crippen LogP contribution in [-0.2, 0) is 16.6 Å². The highest BCUT2D eigenvalue weighted by Gasteiger charge is 2.28. The molecule has 0 spiro atoms. The fourth-order valence-corrected chi connectivity index (χ4v) is 5.25. The standard InChI is InChI=1S/C24H23N3O3S/c1-2-27-22-6-4-3-5-20(22)21-15-18(11-14-23(21)27)25-24(28)16-7-12-19(13-8-16)31(29,30)26-17-9-10-17/h3-8,11-15,17,26H,2,9-10H2,1H3,(H,25,28). The summed E-state index contributed by atoms with van der Waals surface area (Å²) in [5.74, 6) is -0.280. The fourth-order valence-electron chi connectivity index (χ4n) is 3.95. The second-order valence-electron chi connectivity index (χ2n) is 7.87. The van der Waals surface area contributed by atoms with Gasteiger partial charge < -0.3 is 9.88 Å². The lowest BCUT2D eigenvalue weighted by Crippen LogP contribution is -2.25. The Morgan fingerprint density at radius 1 is 0.968 bits per heavy atom. The monoisotopic (exact) mass is 433 g/mol. The largest absolute Gasteiger partial charge is 0.341 e. The van der Waals surface area contributed by atoms with Crippen molar-refractivity contribution in [3.8, 4) is 0 Å². The van der Waals surface area contributed by atoms with Crippen molar-refractivity contribution in [1.82, 2.24) is 9.29 Å². The SMILES string of the molecule is CCn1c2ccccc2c2cc(NC(=O)c3ccc(S(=O)(=O)NC4CC4)cc3)ccc21. The number of aryl methyl sites for hydroxylation is 1. The summed E-state index contributed by atoms with van der Waals surface area (Å²) in [7, 11) is -3.53. The molecule has 158 valence electrons. The maximum Gasteiger partial charge on any atom is 0.255 e. The Bertz CT molecular complexity index is 1400. The molecular formula is C24H23N3O3S. The molecule has 31 heavy (non-hydrogen) atoms. The first-order chi connectivity index (χ1) is 15.0. The van der Waals surface area contributed by atoms with Crippen LogP contribution in [0.25, 0.3) is 21.8 Å². The first kappa shape index (κ1) is 19.8. The number of benzene rings is 3. The molecule has 1 heterocycles. The van der Waals surface area contributed by atoms with Gasteiger partial charge in [-0.25, -0.2) is 13.1 Å². The first-order valence-corrected chi connectivity index (χ1v) is 11.9. The van der Waals surface area contributed by atoms with E-state index in [0.717, 1.165) is 35.7 Å². The zero-order valence-electron chi connectivity index (χ0n) is 17.1. The molecule has 1 aliphatic rings. The molecule has 1 aromatic heterocycles. The van der Waals surface area contributed by atoms with Crippen LogP contribution < -0.4 is 10.0 Å². The van der Waals surface area contributed by atoms with Gasteiger partial charge in [-0.15, -0.1) is 0 Å². The van der Waals surface area contributed by atoms with Gasteiger partial charge in [0, 0.05) is 45.6 Å². The predicted octanol–water partition coefficient (Wildman–Crippen LogP) is 4.51. The molecule has 1 aliphatic carbocycles. The Morgan fingerprint density at radius 2 is 1.68 bits per heavy atom. The van der Waals surface area contributed by atoms with Gasteiger partial charge in [-0.05, 0) is 68.3 Å². The lowest BCUT2D eigenvalue weighted by Gasteiger charge is -2.08. The summed E-state index contributed by atoms with van der Waals surface area (Å²) < 4.78 is 29.5. The second-order valence-corrected chi connectivity index (χ2v) is 9.58. The molecule has 1 amide bonds. The van der Waals surface area contributed by atoms with E-state index in [2.05, 4.69) is 33.7 Å². The molecular weight excluding hydrogens is 410 g/mol. The van der Waals surface area contributed by atoms with Crippen LogP contribution in [0.5, 0.6) is 0 Å². The zero-order chi connectivity index (χ0) is 21.6. The van der Waals surface area contributed by atoms with Crippen molar-refractivity contribution in [3.05, 3.63) is 72.3 Å². The first-order valence-electron chi connectivity index (χ1n) is 10.4. The van der Waals surface area contributed by atoms with Gasteiger partial charge in [0.15, 0.2) is 0 Å². The van der Waals surface area contributed by atoms with Gasteiger partial charge in [0.2, 0.25) is 10.0 Å². The minimum atomic E-state index is -3.53. The van der Waals surface area contributed by atoms with E-state index in [1.54, 1.807) is 0 Å². The van der Waals surface area contributed by atoms with Crippen LogP contribution in [0.3, 0.4) is 0 Å². The van der Waals surface area contributed by atoms with E-state index in [9.17, 15) is 13.2 Å². The average molecular weight is 434 g/mol. The highest BCUT2D eigenvalue weighted by Crippen LogP contribution is 2.31. The van der Waals surface area contributed by atoms with E-state index in [1.165, 1.54) is 29.8 Å². The number of fused-ring (bicyclic) bond motifs is 3. The number of carbonyl (C=O) groups is 1. The van der Waals surface area contributed by atoms with Gasteiger partial charge in [-0.3, -0.25) is 4.79 Å². The zero-order valence-corrected chi connectivity index (χ0v) is 17.9. The molecule has 0 saturated heterocycles. The summed E-state index contributed by atoms with van der Waals surface area (Å²) >= 11 is 0. The Balaban J connectivity index is 1.40. The molecule has 0 bridgehead atoms. The Morgan fingerprint density at radius 3 is 2.39 bits per heavy atom. The fraction of sp³-hybridized carbons (Fsp3) is 0.208. The third-order valence-electron chi connectivity index (χ3n) is 5.67. The van der Waals surface area contributed by atoms with Crippen molar-refractivity contribution in [2.75, 3.05) is 5.32 Å². The van der Waals surface area contributed by atoms with Gasteiger partial charge >= 0.3 is 0 Å². The molecule has 4 aromatic rings. The average Bonchev–Trinajstić information content (AvgIpc) is 3.52. The summed E-state index contributed by atoms with van der Waals surface area (Å²) in [6, 6.07) is 20.2. The van der Waals surface area contributed by atoms with Crippen molar-refractivity contribution >= 4 is 43.4 Å². The number of para-hydroxylation sites is 1. The topological polar surface area (TPSA) is 80.2 Å². The maximum atomic E-state index is 12.7. The Labute approximate surface area is 180 Å². The van der Waals surface area contributed by atoms with Crippen molar-refractivity contribution in [1.29, 1.82) is 0 Å². The number of rotatable bonds is 6. The minimum Gasteiger partial charge on any atom is -0.341 e. The molecule has 0 aliphatic heterocycles. The normalized spacial score (nSPS) is 14.2. The molecule has 2 N–H and O–H groups in total. The molecule has 0 radical (unpaired) electrons. The van der Waals surface area contributed by atoms with Gasteiger partial charge in [-0.2, -0.15) is 0 Å². The van der Waals surface area contributed by atoms with E-state index in [1.807, 2.05) is 30.3 Å². The van der Waals surface area contributed by atoms with E-state index in [-0.39, 0.29) is 16.8 Å². The number of anilines is 1. The smallest absolute Gasteiger partial charge is 0.255 e. The van der Waals surface area contributed by atoms with Gasteiger partial charge in [0.25, 0.3) is 5.91 Å². The summed E-state index contributed by atoms with van der Waals surface area (Å²) in [5.41, 5.74) is 3.39. The van der Waals surface area contributed by atoms with Crippen molar-refractivity contribution < 1.29 is 13.2 Å². The van der Waals surface area contributed by atoms with Crippen LogP contribution >= 0.6 is 0 Å². The number of aromatic nitrogens is 1. The lowest BCUT2D eigenvalue weighted by molar-refractivity contribution is 0.102. The number of carbonyl (C=O) groups excluding carboxylic acids is 1. The Kier molecular flexibility index (Phi) is 4.79. The third kappa shape index (κ3) is 3.71. The summed E-state index contributed by atoms with van der Waals surface area (Å²) in [4.78, 5) is 12.9. The van der Waals surface area contributed by atoms with Crippen LogP contribution in [0.15, 0.2) is 71.6 Å². The van der Waals surface area contributed by atoms with E-state index in [0.29, 0.717) is 11.3 Å². The second kappa shape index (κ2) is 7.51. The molecule has 0 unspecified atom stereocenters. The highest BCUT2D eigenvalue weighted by molar-refractivity contribution is 7.89. The van der Waals surface area contributed by atoms with Gasteiger partial charge in [0.05, 0.1) is 4.90 Å². The van der Waals surface area contributed by atoms with Crippen molar-refractivity contribution in [2.45, 2.75) is 37.2 Å². The molecule has 1 fully saturated rings. The van der Waals surface area contributed by atoms with Crippen LogP contribution in [-0.4, -0.2) is 24.9 Å². The quantitative estimate of drug-likeness (QED) is 0.470. The molecule has 7 heteroatoms. The van der Waals surface area contributed by atoms with Crippen molar-refractivity contribution in [3.63, 3.8) is 0 Å². The number of nitrogens with zero attached hydrogens (tertiary/aromatic N) is 1. The summed E-state index contributed by atoms with van der Waals surface area (Å²) in [6.07, 6.45) is 1.75. The molecule has 5 rings (SSSR count). The van der Waals surface area contributed by atoms with Gasteiger partial charge in [-0.1, -0.05) is 18.2 Å². The maximum absolute atomic E-state index is 12.7. The predicted molar refractivity (Wildman–Crippen MR) is 123 cm³/mol. The number of amides is 1. The van der Waals surface area contributed by atoms with Crippen LogP contribution in [0.4, 0.5) is 5.69 Å². The molecule has 1 saturated carbocycles.